The predicted octanol–water partition coefficient (Wildman–Crippen LogP) is 1.99. The average molecular weight is 267 g/mol. The van der Waals surface area contributed by atoms with Crippen LogP contribution < -0.4 is 10.6 Å². The molecule has 0 spiro atoms. The van der Waals surface area contributed by atoms with Crippen molar-refractivity contribution in [3.05, 3.63) is 60.4 Å². The Labute approximate surface area is 118 Å². The van der Waals surface area contributed by atoms with Crippen LogP contribution in [0, 0.1) is 0 Å². The molecule has 0 aliphatic carbocycles. The molecule has 2 aromatic rings. The number of carbonyl (C=O) groups excluding carboxylic acids is 1. The van der Waals surface area contributed by atoms with Crippen LogP contribution in [-0.4, -0.2) is 23.0 Å². The van der Waals surface area contributed by atoms with Crippen molar-refractivity contribution in [2.45, 2.75) is 24.9 Å². The Morgan fingerprint density at radius 2 is 2.05 bits per heavy atom. The summed E-state index contributed by atoms with van der Waals surface area (Å²) in [5.41, 5.74) is 2.13. The minimum atomic E-state index is -0.173. The van der Waals surface area contributed by atoms with Gasteiger partial charge in [0.05, 0.1) is 5.69 Å². The number of amides is 1. The number of hydrogen-bond donors (Lipinski definition) is 2. The van der Waals surface area contributed by atoms with Gasteiger partial charge in [0.25, 0.3) is 0 Å². The quantitative estimate of drug-likeness (QED) is 0.890. The summed E-state index contributed by atoms with van der Waals surface area (Å²) in [6, 6.07) is 14.0. The van der Waals surface area contributed by atoms with E-state index >= 15 is 0 Å². The van der Waals surface area contributed by atoms with Crippen LogP contribution in [0.2, 0.25) is 0 Å². The summed E-state index contributed by atoms with van der Waals surface area (Å²) in [6.45, 7) is 0. The van der Waals surface area contributed by atoms with Crippen molar-refractivity contribution < 1.29 is 4.79 Å². The van der Waals surface area contributed by atoms with Gasteiger partial charge in [0.15, 0.2) is 0 Å². The lowest BCUT2D eigenvalue weighted by molar-refractivity contribution is -0.120. The molecular formula is C16H17N3O. The number of nitrogens with one attached hydrogen (secondary N) is 2. The van der Waals surface area contributed by atoms with Gasteiger partial charge in [0.1, 0.15) is 6.04 Å². The van der Waals surface area contributed by atoms with Gasteiger partial charge >= 0.3 is 0 Å². The maximum atomic E-state index is 12.0. The molecule has 0 bridgehead atoms. The van der Waals surface area contributed by atoms with E-state index in [2.05, 4.69) is 27.8 Å². The van der Waals surface area contributed by atoms with Crippen LogP contribution in [0.1, 0.15) is 12.0 Å². The fourth-order valence-corrected chi connectivity index (χ4v) is 2.56. The van der Waals surface area contributed by atoms with Gasteiger partial charge in [0, 0.05) is 18.4 Å². The predicted molar refractivity (Wildman–Crippen MR) is 78.3 cm³/mol. The summed E-state index contributed by atoms with van der Waals surface area (Å²) < 4.78 is 0. The molecule has 1 saturated heterocycles. The first-order valence-corrected chi connectivity index (χ1v) is 6.82. The first kappa shape index (κ1) is 12.7. The van der Waals surface area contributed by atoms with Crippen LogP contribution in [-0.2, 0) is 11.2 Å². The highest BCUT2D eigenvalue weighted by Gasteiger charge is 2.31. The molecule has 1 unspecified atom stereocenters. The molecule has 102 valence electrons. The maximum Gasteiger partial charge on any atom is 0.242 e. The summed E-state index contributed by atoms with van der Waals surface area (Å²) in [6.07, 6.45) is 5.12. The fourth-order valence-electron chi connectivity index (χ4n) is 2.56. The van der Waals surface area contributed by atoms with Gasteiger partial charge in [-0.25, -0.2) is 0 Å². The number of nitrogens with zero attached hydrogens (tertiary/aromatic N) is 1. The largest absolute Gasteiger partial charge is 0.372 e. The number of anilines is 1. The summed E-state index contributed by atoms with van der Waals surface area (Å²) in [7, 11) is 0. The molecule has 1 aliphatic rings. The number of carbonyl (C=O) groups is 1. The Morgan fingerprint density at radius 1 is 1.20 bits per heavy atom. The van der Waals surface area contributed by atoms with Gasteiger partial charge in [-0.05, 0) is 30.5 Å². The monoisotopic (exact) mass is 267 g/mol. The van der Waals surface area contributed by atoms with Crippen molar-refractivity contribution >= 4 is 11.6 Å². The van der Waals surface area contributed by atoms with Crippen molar-refractivity contribution in [1.82, 2.24) is 10.3 Å². The lowest BCUT2D eigenvalue weighted by Gasteiger charge is -2.11. The SMILES string of the molecule is O=C1N[C@@H](Cc2ccccc2)CC1Nc1cccnc1. The van der Waals surface area contributed by atoms with Crippen molar-refractivity contribution in [2.24, 2.45) is 0 Å². The summed E-state index contributed by atoms with van der Waals surface area (Å²) in [4.78, 5) is 16.0. The highest BCUT2D eigenvalue weighted by Crippen LogP contribution is 2.17. The minimum Gasteiger partial charge on any atom is -0.372 e. The normalized spacial score (nSPS) is 21.5. The van der Waals surface area contributed by atoms with E-state index in [0.717, 1.165) is 18.5 Å². The maximum absolute atomic E-state index is 12.0. The van der Waals surface area contributed by atoms with E-state index in [1.165, 1.54) is 5.56 Å². The van der Waals surface area contributed by atoms with Gasteiger partial charge in [-0.2, -0.15) is 0 Å². The van der Waals surface area contributed by atoms with Crippen LogP contribution in [0.3, 0.4) is 0 Å². The molecule has 0 radical (unpaired) electrons. The Morgan fingerprint density at radius 3 is 2.80 bits per heavy atom. The Kier molecular flexibility index (Phi) is 3.63. The number of benzene rings is 1. The Hall–Kier alpha value is -2.36. The second kappa shape index (κ2) is 5.74. The number of aromatic nitrogens is 1. The van der Waals surface area contributed by atoms with Crippen molar-refractivity contribution in [3.8, 4) is 0 Å². The molecule has 1 aliphatic heterocycles. The first-order chi connectivity index (χ1) is 9.81. The number of rotatable bonds is 4. The molecule has 4 nitrogen and oxygen atoms in total. The Balaban J connectivity index is 1.61. The molecule has 1 aromatic carbocycles. The van der Waals surface area contributed by atoms with Crippen molar-refractivity contribution in [3.63, 3.8) is 0 Å². The van der Waals surface area contributed by atoms with E-state index < -0.39 is 0 Å². The zero-order chi connectivity index (χ0) is 13.8. The fraction of sp³-hybridized carbons (Fsp3) is 0.250. The van der Waals surface area contributed by atoms with E-state index in [9.17, 15) is 4.79 Å². The second-order valence-corrected chi connectivity index (χ2v) is 5.07. The molecular weight excluding hydrogens is 250 g/mol. The highest BCUT2D eigenvalue weighted by atomic mass is 16.2. The van der Waals surface area contributed by atoms with E-state index in [4.69, 9.17) is 0 Å². The molecule has 4 heteroatoms. The molecule has 1 fully saturated rings. The molecule has 1 aromatic heterocycles. The molecule has 2 atom stereocenters. The van der Waals surface area contributed by atoms with Crippen LogP contribution in [0.5, 0.6) is 0 Å². The van der Waals surface area contributed by atoms with Crippen LogP contribution in [0.25, 0.3) is 0 Å². The third-order valence-corrected chi connectivity index (χ3v) is 3.51. The molecule has 2 N–H and O–H groups in total. The number of hydrogen-bond acceptors (Lipinski definition) is 3. The van der Waals surface area contributed by atoms with Crippen LogP contribution in [0.15, 0.2) is 54.9 Å². The van der Waals surface area contributed by atoms with Crippen molar-refractivity contribution in [1.29, 1.82) is 0 Å². The highest BCUT2D eigenvalue weighted by molar-refractivity contribution is 5.87. The lowest BCUT2D eigenvalue weighted by atomic mass is 10.0. The molecule has 3 rings (SSSR count). The number of pyridine rings is 1. The zero-order valence-corrected chi connectivity index (χ0v) is 11.1. The second-order valence-electron chi connectivity index (χ2n) is 5.07. The summed E-state index contributed by atoms with van der Waals surface area (Å²) >= 11 is 0. The summed E-state index contributed by atoms with van der Waals surface area (Å²) in [5.74, 6) is 0.0646. The Bertz CT molecular complexity index is 571. The van der Waals surface area contributed by atoms with Gasteiger partial charge in [0.2, 0.25) is 5.91 Å². The van der Waals surface area contributed by atoms with E-state index in [1.807, 2.05) is 30.3 Å². The summed E-state index contributed by atoms with van der Waals surface area (Å²) in [5, 5.41) is 6.28. The van der Waals surface area contributed by atoms with E-state index in [0.29, 0.717) is 0 Å². The topological polar surface area (TPSA) is 54.0 Å². The molecule has 1 amide bonds. The van der Waals surface area contributed by atoms with Gasteiger partial charge in [-0.1, -0.05) is 30.3 Å². The van der Waals surface area contributed by atoms with Gasteiger partial charge in [-0.3, -0.25) is 9.78 Å². The average Bonchev–Trinajstić information content (AvgIpc) is 2.81. The third kappa shape index (κ3) is 2.96. The van der Waals surface area contributed by atoms with Gasteiger partial charge in [-0.15, -0.1) is 0 Å². The third-order valence-electron chi connectivity index (χ3n) is 3.51. The van der Waals surface area contributed by atoms with E-state index in [1.54, 1.807) is 12.4 Å². The van der Waals surface area contributed by atoms with Crippen LogP contribution in [0.4, 0.5) is 5.69 Å². The lowest BCUT2D eigenvalue weighted by Crippen LogP contribution is -2.31. The van der Waals surface area contributed by atoms with Gasteiger partial charge < -0.3 is 10.6 Å². The minimum absolute atomic E-state index is 0.0646. The molecule has 0 saturated carbocycles. The first-order valence-electron chi connectivity index (χ1n) is 6.82. The smallest absolute Gasteiger partial charge is 0.242 e. The molecule has 20 heavy (non-hydrogen) atoms. The molecule has 2 heterocycles. The van der Waals surface area contributed by atoms with Crippen molar-refractivity contribution in [2.75, 3.05) is 5.32 Å². The van der Waals surface area contributed by atoms with E-state index in [-0.39, 0.29) is 18.0 Å². The zero-order valence-electron chi connectivity index (χ0n) is 11.1. The van der Waals surface area contributed by atoms with Crippen LogP contribution >= 0.6 is 0 Å². The standard InChI is InChI=1S/C16H17N3O/c20-16-15(18-13-7-4-8-17-11-13)10-14(19-16)9-12-5-2-1-3-6-12/h1-8,11,14-15,18H,9-10H2,(H,19,20)/t14-,15?/m0/s1.